The number of anilines is 1. The van der Waals surface area contributed by atoms with Gasteiger partial charge in [0, 0.05) is 34.9 Å². The molecule has 5 aromatic rings. The molecule has 0 bridgehead atoms. The molecule has 2 aliphatic heterocycles. The second-order valence-electron chi connectivity index (χ2n) is 16.1. The van der Waals surface area contributed by atoms with Crippen LogP contribution >= 0.6 is 46.4 Å². The summed E-state index contributed by atoms with van der Waals surface area (Å²) in [5.74, 6) is -0.512. The highest BCUT2D eigenvalue weighted by molar-refractivity contribution is 7.91. The molecule has 8 rings (SSSR count). The Morgan fingerprint density at radius 1 is 0.613 bits per heavy atom. The molecule has 16 heteroatoms. The normalized spacial score (nSPS) is 17.6. The van der Waals surface area contributed by atoms with E-state index in [-0.39, 0.29) is 60.6 Å². The van der Waals surface area contributed by atoms with Crippen LogP contribution in [0, 0.1) is 19.8 Å². The second-order valence-corrected chi connectivity index (χ2v) is 21.6. The van der Waals surface area contributed by atoms with Gasteiger partial charge in [-0.1, -0.05) is 89.6 Å². The Kier molecular flexibility index (Phi) is 14.4. The Bertz CT molecular complexity index is 2750. The summed E-state index contributed by atoms with van der Waals surface area (Å²) in [4.78, 5) is 38.8. The maximum absolute atomic E-state index is 13.3. The zero-order valence-corrected chi connectivity index (χ0v) is 38.9. The van der Waals surface area contributed by atoms with Gasteiger partial charge in [-0.25, -0.2) is 26.8 Å². The Hall–Kier alpha value is -4.04. The second kappa shape index (κ2) is 19.4. The van der Waals surface area contributed by atoms with Gasteiger partial charge in [0.05, 0.1) is 42.7 Å². The number of benzene rings is 3. The van der Waals surface area contributed by atoms with Crippen molar-refractivity contribution < 1.29 is 26.4 Å². The highest BCUT2D eigenvalue weighted by Crippen LogP contribution is 2.37. The van der Waals surface area contributed by atoms with E-state index in [9.17, 15) is 26.4 Å². The van der Waals surface area contributed by atoms with E-state index in [0.717, 1.165) is 49.9 Å². The molecule has 2 amide bonds. The summed E-state index contributed by atoms with van der Waals surface area (Å²) in [6.45, 7) is 4.85. The number of hydrogen-bond acceptors (Lipinski definition) is 8. The molecule has 2 atom stereocenters. The van der Waals surface area contributed by atoms with Gasteiger partial charge in [-0.15, -0.1) is 0 Å². The lowest BCUT2D eigenvalue weighted by Gasteiger charge is -2.44. The summed E-state index contributed by atoms with van der Waals surface area (Å²) < 4.78 is 51.9. The summed E-state index contributed by atoms with van der Waals surface area (Å²) in [5.41, 5.74) is 4.48. The van der Waals surface area contributed by atoms with E-state index in [1.165, 1.54) is 37.5 Å². The first kappa shape index (κ1) is 46.0. The molecular formula is C46H46Cl4N4O6S2. The molecule has 3 aliphatic rings. The van der Waals surface area contributed by atoms with E-state index in [1.54, 1.807) is 61.2 Å². The molecule has 0 radical (unpaired) electrons. The van der Waals surface area contributed by atoms with Crippen LogP contribution in [0.4, 0.5) is 5.69 Å². The zero-order valence-electron chi connectivity index (χ0n) is 34.3. The van der Waals surface area contributed by atoms with Gasteiger partial charge in [0.1, 0.15) is 11.4 Å². The maximum Gasteiger partial charge on any atom is 0.276 e. The molecule has 1 aliphatic carbocycles. The van der Waals surface area contributed by atoms with Crippen LogP contribution in [-0.2, 0) is 37.6 Å². The van der Waals surface area contributed by atoms with Crippen molar-refractivity contribution in [3.8, 4) is 0 Å². The van der Waals surface area contributed by atoms with E-state index in [0.29, 0.717) is 45.0 Å². The highest BCUT2D eigenvalue weighted by atomic mass is 35.5. The van der Waals surface area contributed by atoms with E-state index in [4.69, 9.17) is 46.4 Å². The number of carbonyl (C=O) groups excluding carboxylic acids is 2. The number of halogens is 4. The van der Waals surface area contributed by atoms with Crippen molar-refractivity contribution in [3.05, 3.63) is 144 Å². The number of para-hydroxylation sites is 1. The van der Waals surface area contributed by atoms with Crippen molar-refractivity contribution in [3.63, 3.8) is 0 Å². The van der Waals surface area contributed by atoms with Crippen molar-refractivity contribution in [1.29, 1.82) is 0 Å². The minimum atomic E-state index is -3.80. The quantitative estimate of drug-likeness (QED) is 0.150. The van der Waals surface area contributed by atoms with Crippen molar-refractivity contribution in [2.45, 2.75) is 92.6 Å². The third kappa shape index (κ3) is 10.3. The van der Waals surface area contributed by atoms with Gasteiger partial charge < -0.3 is 9.80 Å². The molecule has 0 spiro atoms. The number of rotatable bonds is 8. The number of likely N-dealkylation sites (tertiary alicyclic amines) is 1. The predicted octanol–water partition coefficient (Wildman–Crippen LogP) is 10.7. The van der Waals surface area contributed by atoms with Gasteiger partial charge in [0.15, 0.2) is 19.7 Å². The number of piperidine rings is 1. The highest BCUT2D eigenvalue weighted by Gasteiger charge is 2.36. The summed E-state index contributed by atoms with van der Waals surface area (Å²) in [7, 11) is -7.58. The lowest BCUT2D eigenvalue weighted by atomic mass is 9.78. The lowest BCUT2D eigenvalue weighted by molar-refractivity contribution is 0.0385. The van der Waals surface area contributed by atoms with Gasteiger partial charge in [-0.2, -0.15) is 0 Å². The fourth-order valence-electron chi connectivity index (χ4n) is 8.54. The Balaban J connectivity index is 0.000000186. The van der Waals surface area contributed by atoms with E-state index >= 15 is 0 Å². The number of nitrogens with zero attached hydrogens (tertiary/aromatic N) is 4. The third-order valence-corrected chi connectivity index (χ3v) is 16.7. The molecule has 2 fully saturated rings. The van der Waals surface area contributed by atoms with Gasteiger partial charge in [0.25, 0.3) is 11.8 Å². The molecular weight excluding hydrogens is 910 g/mol. The molecule has 0 N–H and O–H groups in total. The van der Waals surface area contributed by atoms with Gasteiger partial charge in [0.2, 0.25) is 0 Å². The molecule has 62 heavy (non-hydrogen) atoms. The average Bonchev–Trinajstić information content (AvgIpc) is 3.25. The van der Waals surface area contributed by atoms with E-state index < -0.39 is 19.7 Å². The molecule has 1 saturated heterocycles. The first-order chi connectivity index (χ1) is 29.5. The van der Waals surface area contributed by atoms with Gasteiger partial charge in [-0.3, -0.25) is 9.59 Å². The number of amides is 2. The molecule has 2 unspecified atom stereocenters. The molecule has 4 heterocycles. The zero-order chi connectivity index (χ0) is 44.3. The minimum absolute atomic E-state index is 0.0237. The summed E-state index contributed by atoms with van der Waals surface area (Å²) in [5, 5.41) is 0.903. The molecule has 2 aromatic heterocycles. The van der Waals surface area contributed by atoms with Crippen LogP contribution in [0.25, 0.3) is 0 Å². The molecule has 1 saturated carbocycles. The summed E-state index contributed by atoms with van der Waals surface area (Å²) in [6, 6.07) is 23.7. The van der Waals surface area contributed by atoms with Crippen LogP contribution in [0.5, 0.6) is 0 Å². The van der Waals surface area contributed by atoms with Crippen LogP contribution in [0.1, 0.15) is 94.0 Å². The van der Waals surface area contributed by atoms with Crippen molar-refractivity contribution >= 4 is 83.6 Å². The Morgan fingerprint density at radius 3 is 1.74 bits per heavy atom. The fourth-order valence-corrected chi connectivity index (χ4v) is 12.9. The maximum atomic E-state index is 13.3. The third-order valence-electron chi connectivity index (χ3n) is 11.7. The van der Waals surface area contributed by atoms with Crippen molar-refractivity contribution in [1.82, 2.24) is 14.9 Å². The van der Waals surface area contributed by atoms with Gasteiger partial charge in [-0.05, 0) is 130 Å². The number of fused-ring (bicyclic) bond motifs is 2. The SMILES string of the molecule is Cc1cc(Cl)c(S(=O)(=O)Cc2cccc(C(=O)N3CCCC4CCCCC43)n2)cc1Cl.Cc1cc(Cl)c(S(=O)(=O)Cc2cccc(C(=O)N3CCCc4ccccc43)n2)cc1Cl. The molecule has 3 aromatic carbocycles. The largest absolute Gasteiger partial charge is 0.334 e. The first-order valence-electron chi connectivity index (χ1n) is 20.5. The molecule has 326 valence electrons. The van der Waals surface area contributed by atoms with E-state index in [2.05, 4.69) is 9.97 Å². The average molecular weight is 957 g/mol. The van der Waals surface area contributed by atoms with Crippen LogP contribution in [0.2, 0.25) is 20.1 Å². The number of aryl methyl sites for hydroxylation is 3. The Labute approximate surface area is 383 Å². The smallest absolute Gasteiger partial charge is 0.276 e. The van der Waals surface area contributed by atoms with Crippen LogP contribution in [0.3, 0.4) is 0 Å². The lowest BCUT2D eigenvalue weighted by Crippen LogP contribution is -2.49. The molecule has 10 nitrogen and oxygen atoms in total. The number of sulfone groups is 2. The monoisotopic (exact) mass is 954 g/mol. The minimum Gasteiger partial charge on any atom is -0.334 e. The number of pyridine rings is 2. The first-order valence-corrected chi connectivity index (χ1v) is 25.3. The fraction of sp³-hybridized carbons (Fsp3) is 0.348. The van der Waals surface area contributed by atoms with Crippen molar-refractivity contribution in [2.75, 3.05) is 18.0 Å². The van der Waals surface area contributed by atoms with Crippen LogP contribution < -0.4 is 4.90 Å². The van der Waals surface area contributed by atoms with Crippen molar-refractivity contribution in [2.24, 2.45) is 5.92 Å². The van der Waals surface area contributed by atoms with E-state index in [1.807, 2.05) is 29.2 Å². The number of hydrogen-bond donors (Lipinski definition) is 0. The predicted molar refractivity (Wildman–Crippen MR) is 245 cm³/mol. The number of carbonyl (C=O) groups is 2. The van der Waals surface area contributed by atoms with Crippen LogP contribution in [-0.4, -0.2) is 62.6 Å². The standard InChI is InChI=1S/C23H26Cl2N2O3S.C23H20Cl2N2O3S/c2*1-15-12-19(25)22(13-18(15)24)31(29,30)14-17-8-4-9-20(26-17)23(28)27-11-5-7-16-6-2-3-10-21(16)27/h4,8-9,12-13,16,21H,2-3,5-7,10-11,14H2,1H3;2-4,6,8-10,12-13H,5,7,11,14H2,1H3. The van der Waals surface area contributed by atoms with Crippen LogP contribution in [0.15, 0.2) is 94.7 Å². The number of aromatic nitrogens is 2. The Morgan fingerprint density at radius 2 is 1.15 bits per heavy atom. The topological polar surface area (TPSA) is 135 Å². The summed E-state index contributed by atoms with van der Waals surface area (Å²) in [6.07, 6.45) is 8.58. The summed E-state index contributed by atoms with van der Waals surface area (Å²) >= 11 is 24.6. The van der Waals surface area contributed by atoms with Gasteiger partial charge >= 0.3 is 0 Å².